The van der Waals surface area contributed by atoms with Crippen molar-refractivity contribution in [3.8, 4) is 73.2 Å². The van der Waals surface area contributed by atoms with Gasteiger partial charge in [0.1, 0.15) is 11.6 Å². The van der Waals surface area contributed by atoms with Crippen molar-refractivity contribution in [2.45, 2.75) is 13.8 Å². The minimum atomic E-state index is -0.654. The van der Waals surface area contributed by atoms with Gasteiger partial charge in [0, 0.05) is 33.5 Å². The second-order valence-electron chi connectivity index (χ2n) is 14.9. The van der Waals surface area contributed by atoms with Gasteiger partial charge in [-0.2, -0.15) is 0 Å². The summed E-state index contributed by atoms with van der Waals surface area (Å²) in [6, 6.07) is 59.3. The maximum atomic E-state index is 14.8. The van der Waals surface area contributed by atoms with E-state index in [1.165, 1.54) is 23.3 Å². The number of hydrogen-bond acceptors (Lipinski definition) is 3. The molecule has 0 saturated heterocycles. The summed E-state index contributed by atoms with van der Waals surface area (Å²) in [5.74, 6) is 0.130. The topological polar surface area (TPSA) is 43.6 Å². The zero-order chi connectivity index (χ0) is 40.0. The van der Waals surface area contributed by atoms with Crippen molar-refractivity contribution in [3.05, 3.63) is 205 Å². The smallest absolute Gasteiger partial charge is 0.166 e. The van der Waals surface area contributed by atoms with E-state index in [1.807, 2.05) is 78.9 Å². The monoisotopic (exact) mass is 766 g/mol. The molecule has 8 aromatic carbocycles. The summed E-state index contributed by atoms with van der Waals surface area (Å²) in [4.78, 5) is 15.3. The summed E-state index contributed by atoms with van der Waals surface area (Å²) >= 11 is 0. The highest BCUT2D eigenvalue weighted by molar-refractivity contribution is 6.11. The third-order valence-corrected chi connectivity index (χ3v) is 11.1. The van der Waals surface area contributed by atoms with Crippen LogP contribution in [-0.4, -0.2) is 19.5 Å². The van der Waals surface area contributed by atoms with Gasteiger partial charge in [-0.05, 0) is 94.8 Å². The molecule has 282 valence electrons. The normalized spacial score (nSPS) is 11.4. The maximum Gasteiger partial charge on any atom is 0.166 e. The van der Waals surface area contributed by atoms with Crippen LogP contribution >= 0.6 is 0 Å². The van der Waals surface area contributed by atoms with Crippen LogP contribution in [0.25, 0.3) is 95.0 Å². The van der Waals surface area contributed by atoms with Gasteiger partial charge in [0.25, 0.3) is 0 Å². The van der Waals surface area contributed by atoms with Crippen molar-refractivity contribution >= 4 is 21.8 Å². The highest BCUT2D eigenvalue weighted by Gasteiger charge is 2.22. The van der Waals surface area contributed by atoms with Crippen molar-refractivity contribution < 1.29 is 8.78 Å². The number of nitrogens with zero attached hydrogens (tertiary/aromatic N) is 4. The highest BCUT2D eigenvalue weighted by atomic mass is 19.1. The minimum Gasteiger partial charge on any atom is -0.308 e. The van der Waals surface area contributed by atoms with E-state index < -0.39 is 11.6 Å². The number of fused-ring (bicyclic) bond motifs is 3. The molecule has 0 saturated carbocycles. The number of benzene rings is 8. The zero-order valence-electron chi connectivity index (χ0n) is 32.4. The van der Waals surface area contributed by atoms with Gasteiger partial charge in [0.05, 0.1) is 16.7 Å². The van der Waals surface area contributed by atoms with Crippen LogP contribution in [-0.2, 0) is 0 Å². The lowest BCUT2D eigenvalue weighted by atomic mass is 9.98. The van der Waals surface area contributed by atoms with E-state index in [2.05, 4.69) is 103 Å². The highest BCUT2D eigenvalue weighted by Crippen LogP contribution is 2.41. The molecule has 0 aliphatic carbocycles. The molecule has 0 amide bonds. The molecule has 0 spiro atoms. The van der Waals surface area contributed by atoms with Crippen LogP contribution in [0, 0.1) is 25.5 Å². The van der Waals surface area contributed by atoms with Gasteiger partial charge in [-0.25, -0.2) is 23.7 Å². The number of hydrogen-bond donors (Lipinski definition) is 0. The number of rotatable bonds is 7. The zero-order valence-corrected chi connectivity index (χ0v) is 32.4. The largest absolute Gasteiger partial charge is 0.308 e. The Balaban J connectivity index is 1.32. The molecule has 0 aliphatic heterocycles. The Hall–Kier alpha value is -7.57. The molecule has 2 aromatic heterocycles. The van der Waals surface area contributed by atoms with Crippen LogP contribution in [0.2, 0.25) is 0 Å². The Morgan fingerprint density at radius 2 is 0.814 bits per heavy atom. The molecule has 4 nitrogen and oxygen atoms in total. The summed E-state index contributed by atoms with van der Waals surface area (Å²) in [5.41, 5.74) is 13.0. The molecule has 0 bridgehead atoms. The minimum absolute atomic E-state index is 0.404. The predicted molar refractivity (Wildman–Crippen MR) is 236 cm³/mol. The summed E-state index contributed by atoms with van der Waals surface area (Å²) in [6.07, 6.45) is 0. The molecular weight excluding hydrogens is 731 g/mol. The van der Waals surface area contributed by atoms with Crippen LogP contribution in [0.1, 0.15) is 11.1 Å². The predicted octanol–water partition coefficient (Wildman–Crippen LogP) is 13.9. The first-order valence-corrected chi connectivity index (χ1v) is 19.6. The molecule has 0 fully saturated rings. The lowest BCUT2D eigenvalue weighted by molar-refractivity contribution is 0.584. The molecule has 0 aliphatic rings. The van der Waals surface area contributed by atoms with E-state index in [0.29, 0.717) is 34.2 Å². The van der Waals surface area contributed by atoms with Crippen molar-refractivity contribution in [1.29, 1.82) is 0 Å². The Morgan fingerprint density at radius 3 is 1.32 bits per heavy atom. The third kappa shape index (κ3) is 6.64. The fraction of sp³-hybridized carbons (Fsp3) is 0.0377. The van der Waals surface area contributed by atoms with E-state index in [-0.39, 0.29) is 0 Å². The lowest BCUT2D eigenvalue weighted by Gasteiger charge is -2.17. The van der Waals surface area contributed by atoms with E-state index in [0.717, 1.165) is 66.9 Å². The second-order valence-corrected chi connectivity index (χ2v) is 14.9. The van der Waals surface area contributed by atoms with Gasteiger partial charge in [-0.15, -0.1) is 0 Å². The van der Waals surface area contributed by atoms with Crippen LogP contribution in [0.15, 0.2) is 182 Å². The lowest BCUT2D eigenvalue weighted by Crippen LogP contribution is -2.04. The molecule has 10 aromatic rings. The number of halogens is 2. The molecule has 0 radical (unpaired) electrons. The Bertz CT molecular complexity index is 3030. The van der Waals surface area contributed by atoms with Gasteiger partial charge in [0.2, 0.25) is 0 Å². The molecule has 10 rings (SSSR count). The molecule has 6 heteroatoms. The summed E-state index contributed by atoms with van der Waals surface area (Å²) in [6.45, 7) is 4.26. The molecule has 0 N–H and O–H groups in total. The standard InChI is InChI=1S/C53H36F2N4/c1-33-13-9-11-19-43(33)38-21-24-45-46-25-22-39(44-20-12-10-14-34(44)2)31-50(46)59(49(45)30-38)48-26-23-37(40-27-41(54)32-42(55)28-40)29-47(48)53-57-51(35-15-5-3-6-16-35)56-52(58-53)36-17-7-4-8-18-36/h3-32H,1-2H3. The van der Waals surface area contributed by atoms with Gasteiger partial charge < -0.3 is 4.57 Å². The second kappa shape index (κ2) is 14.7. The molecule has 59 heavy (non-hydrogen) atoms. The third-order valence-electron chi connectivity index (χ3n) is 11.1. The fourth-order valence-corrected chi connectivity index (χ4v) is 8.15. The van der Waals surface area contributed by atoms with Gasteiger partial charge >= 0.3 is 0 Å². The first-order chi connectivity index (χ1) is 28.9. The van der Waals surface area contributed by atoms with Crippen LogP contribution in [0.4, 0.5) is 8.78 Å². The quantitative estimate of drug-likeness (QED) is 0.162. The van der Waals surface area contributed by atoms with Crippen molar-refractivity contribution in [2.24, 2.45) is 0 Å². The molecular formula is C53H36F2N4. The summed E-state index contributed by atoms with van der Waals surface area (Å²) < 4.78 is 31.9. The molecule has 0 unspecified atom stereocenters. The van der Waals surface area contributed by atoms with E-state index in [9.17, 15) is 8.78 Å². The first-order valence-electron chi connectivity index (χ1n) is 19.6. The number of aromatic nitrogens is 4. The van der Waals surface area contributed by atoms with E-state index >= 15 is 0 Å². The Morgan fingerprint density at radius 1 is 0.356 bits per heavy atom. The average molecular weight is 767 g/mol. The molecule has 2 heterocycles. The summed E-state index contributed by atoms with van der Waals surface area (Å²) in [7, 11) is 0. The Kier molecular flexibility index (Phi) is 8.95. The number of aryl methyl sites for hydroxylation is 2. The van der Waals surface area contributed by atoms with E-state index in [1.54, 1.807) is 0 Å². The maximum absolute atomic E-state index is 14.8. The van der Waals surface area contributed by atoms with Crippen molar-refractivity contribution in [1.82, 2.24) is 19.5 Å². The first kappa shape index (κ1) is 35.8. The molecule has 0 atom stereocenters. The van der Waals surface area contributed by atoms with Crippen LogP contribution in [0.5, 0.6) is 0 Å². The van der Waals surface area contributed by atoms with Crippen molar-refractivity contribution in [2.75, 3.05) is 0 Å². The van der Waals surface area contributed by atoms with E-state index in [4.69, 9.17) is 15.0 Å². The van der Waals surface area contributed by atoms with Gasteiger partial charge in [0.15, 0.2) is 17.5 Å². The average Bonchev–Trinajstić information content (AvgIpc) is 3.59. The summed E-state index contributed by atoms with van der Waals surface area (Å²) in [5, 5.41) is 2.17. The van der Waals surface area contributed by atoms with Crippen LogP contribution in [0.3, 0.4) is 0 Å². The van der Waals surface area contributed by atoms with Crippen molar-refractivity contribution in [3.63, 3.8) is 0 Å². The van der Waals surface area contributed by atoms with Gasteiger partial charge in [-0.3, -0.25) is 0 Å². The van der Waals surface area contributed by atoms with Crippen LogP contribution < -0.4 is 0 Å². The SMILES string of the molecule is Cc1ccccc1-c1ccc2c3ccc(-c4ccccc4C)cc3n(-c3ccc(-c4cc(F)cc(F)c4)cc3-c3nc(-c4ccccc4)nc(-c4ccccc4)n3)c2c1. The van der Waals surface area contributed by atoms with Gasteiger partial charge in [-0.1, -0.05) is 140 Å². The Labute approximate surface area is 340 Å². The fourth-order valence-electron chi connectivity index (χ4n) is 8.15.